The predicted octanol–water partition coefficient (Wildman–Crippen LogP) is 2.13. The van der Waals surface area contributed by atoms with Gasteiger partial charge in [0.25, 0.3) is 0 Å². The van der Waals surface area contributed by atoms with Crippen molar-refractivity contribution in [3.05, 3.63) is 35.9 Å². The van der Waals surface area contributed by atoms with Crippen molar-refractivity contribution >= 4 is 5.91 Å². The van der Waals surface area contributed by atoms with Crippen molar-refractivity contribution in [1.82, 2.24) is 5.32 Å². The maximum absolute atomic E-state index is 11.9. The average Bonchev–Trinajstić information content (AvgIpc) is 2.58. The molecule has 1 aromatic carbocycles. The van der Waals surface area contributed by atoms with E-state index in [2.05, 4.69) is 17.2 Å². The first-order chi connectivity index (χ1) is 10.8. The van der Waals surface area contributed by atoms with Gasteiger partial charge in [0, 0.05) is 12.2 Å². The molecule has 0 radical (unpaired) electrons. The van der Waals surface area contributed by atoms with Gasteiger partial charge in [0.05, 0.1) is 19.3 Å². The highest BCUT2D eigenvalue weighted by Gasteiger charge is 2.18. The minimum Gasteiger partial charge on any atom is -0.376 e. The topological polar surface area (TPSA) is 47.6 Å². The Kier molecular flexibility index (Phi) is 6.95. The molecule has 0 bridgehead atoms. The number of nitrogens with one attached hydrogen (secondary N) is 1. The van der Waals surface area contributed by atoms with Crippen LogP contribution in [0.15, 0.2) is 30.3 Å². The third-order valence-electron chi connectivity index (χ3n) is 3.53. The van der Waals surface area contributed by atoms with Crippen LogP contribution in [0.1, 0.15) is 31.7 Å². The summed E-state index contributed by atoms with van der Waals surface area (Å²) in [5, 5.41) is 2.76. The van der Waals surface area contributed by atoms with E-state index in [0.717, 1.165) is 25.0 Å². The van der Waals surface area contributed by atoms with Crippen molar-refractivity contribution in [2.75, 3.05) is 19.8 Å². The zero-order chi connectivity index (χ0) is 15.6. The van der Waals surface area contributed by atoms with Crippen LogP contribution in [0.4, 0.5) is 0 Å². The quantitative estimate of drug-likeness (QED) is 0.848. The fraction of sp³-hybridized carbons (Fsp3) is 0.500. The zero-order valence-corrected chi connectivity index (χ0v) is 13.0. The van der Waals surface area contributed by atoms with Gasteiger partial charge in [0.15, 0.2) is 0 Å². The molecule has 0 unspecified atom stereocenters. The monoisotopic (exact) mass is 301 g/mol. The zero-order valence-electron chi connectivity index (χ0n) is 13.0. The van der Waals surface area contributed by atoms with Crippen molar-refractivity contribution in [1.29, 1.82) is 0 Å². The first kappa shape index (κ1) is 16.5. The third kappa shape index (κ3) is 5.88. The van der Waals surface area contributed by atoms with Crippen LogP contribution in [-0.2, 0) is 14.3 Å². The molecule has 1 N–H and O–H groups in total. The van der Waals surface area contributed by atoms with Crippen LogP contribution in [-0.4, -0.2) is 37.9 Å². The molecule has 0 aliphatic carbocycles. The van der Waals surface area contributed by atoms with E-state index >= 15 is 0 Å². The molecule has 2 rings (SSSR count). The molecule has 1 amide bonds. The Morgan fingerprint density at radius 1 is 1.41 bits per heavy atom. The Balaban J connectivity index is 1.65. The first-order valence-electron chi connectivity index (χ1n) is 7.80. The molecule has 118 valence electrons. The molecule has 0 spiro atoms. The molecule has 4 nitrogen and oxygen atoms in total. The third-order valence-corrected chi connectivity index (χ3v) is 3.53. The van der Waals surface area contributed by atoms with E-state index in [1.807, 2.05) is 30.3 Å². The second-order valence-electron chi connectivity index (χ2n) is 5.35. The van der Waals surface area contributed by atoms with Crippen LogP contribution in [0, 0.1) is 11.8 Å². The van der Waals surface area contributed by atoms with Crippen LogP contribution >= 0.6 is 0 Å². The first-order valence-corrected chi connectivity index (χ1v) is 7.80. The molecular formula is C18H23NO3. The summed E-state index contributed by atoms with van der Waals surface area (Å²) in [6, 6.07) is 9.69. The summed E-state index contributed by atoms with van der Waals surface area (Å²) in [7, 11) is 0. The fourth-order valence-electron chi connectivity index (χ4n) is 2.21. The van der Waals surface area contributed by atoms with Crippen LogP contribution in [0.2, 0.25) is 0 Å². The van der Waals surface area contributed by atoms with Crippen LogP contribution in [0.3, 0.4) is 0 Å². The van der Waals surface area contributed by atoms with Crippen molar-refractivity contribution < 1.29 is 14.3 Å². The lowest BCUT2D eigenvalue weighted by Crippen LogP contribution is -2.37. The Labute approximate surface area is 132 Å². The summed E-state index contributed by atoms with van der Waals surface area (Å²) < 4.78 is 11.1. The van der Waals surface area contributed by atoms with Gasteiger partial charge in [-0.05, 0) is 38.3 Å². The van der Waals surface area contributed by atoms with Crippen LogP contribution < -0.4 is 5.32 Å². The molecule has 0 saturated carbocycles. The smallest absolute Gasteiger partial charge is 0.249 e. The SMILES string of the molecule is C[C@H](OC[C@@H]1CCCCO1)C(=O)NCC#Cc1ccccc1. The van der Waals surface area contributed by atoms with Crippen molar-refractivity contribution in [2.24, 2.45) is 0 Å². The number of carbonyl (C=O) groups excluding carboxylic acids is 1. The number of rotatable bonds is 5. The molecule has 1 heterocycles. The van der Waals surface area contributed by atoms with Gasteiger partial charge in [-0.3, -0.25) is 4.79 Å². The molecule has 4 heteroatoms. The normalized spacial score (nSPS) is 18.9. The molecule has 22 heavy (non-hydrogen) atoms. The minimum atomic E-state index is -0.482. The highest BCUT2D eigenvalue weighted by atomic mass is 16.5. The number of hydrogen-bond acceptors (Lipinski definition) is 3. The molecule has 2 atom stereocenters. The second kappa shape index (κ2) is 9.24. The highest BCUT2D eigenvalue weighted by molar-refractivity contribution is 5.80. The standard InChI is InChI=1S/C18H23NO3/c1-15(22-14-17-11-5-6-13-21-17)18(20)19-12-7-10-16-8-3-2-4-9-16/h2-4,8-9,15,17H,5-6,11-14H2,1H3,(H,19,20)/t15-,17-/m0/s1. The van der Waals surface area contributed by atoms with Gasteiger partial charge in [-0.25, -0.2) is 0 Å². The number of hydrogen-bond donors (Lipinski definition) is 1. The largest absolute Gasteiger partial charge is 0.376 e. The molecule has 1 saturated heterocycles. The molecule has 0 aromatic heterocycles. The van der Waals surface area contributed by atoms with Gasteiger partial charge >= 0.3 is 0 Å². The summed E-state index contributed by atoms with van der Waals surface area (Å²) >= 11 is 0. The van der Waals surface area contributed by atoms with Gasteiger partial charge in [-0.15, -0.1) is 0 Å². The number of carbonyl (C=O) groups is 1. The Morgan fingerprint density at radius 2 is 2.23 bits per heavy atom. The number of benzene rings is 1. The summed E-state index contributed by atoms with van der Waals surface area (Å²) in [5.41, 5.74) is 0.940. The molecule has 1 aromatic rings. The lowest BCUT2D eigenvalue weighted by Gasteiger charge is -2.23. The molecule has 1 aliphatic rings. The molecule has 1 fully saturated rings. The van der Waals surface area contributed by atoms with Crippen molar-refractivity contribution in [3.63, 3.8) is 0 Å². The summed E-state index contributed by atoms with van der Waals surface area (Å²) in [4.78, 5) is 11.9. The van der Waals surface area contributed by atoms with E-state index in [-0.39, 0.29) is 12.0 Å². The van der Waals surface area contributed by atoms with Gasteiger partial charge < -0.3 is 14.8 Å². The molecule has 1 aliphatic heterocycles. The number of ether oxygens (including phenoxy) is 2. The van der Waals surface area contributed by atoms with E-state index < -0.39 is 6.10 Å². The lowest BCUT2D eigenvalue weighted by molar-refractivity contribution is -0.135. The Hall–Kier alpha value is -1.83. The van der Waals surface area contributed by atoms with Gasteiger partial charge in [0.2, 0.25) is 5.91 Å². The summed E-state index contributed by atoms with van der Waals surface area (Å²) in [6.07, 6.45) is 2.94. The Bertz CT molecular complexity index is 512. The fourth-order valence-corrected chi connectivity index (χ4v) is 2.21. The summed E-state index contributed by atoms with van der Waals surface area (Å²) in [6.45, 7) is 3.35. The van der Waals surface area contributed by atoms with Crippen LogP contribution in [0.25, 0.3) is 0 Å². The summed E-state index contributed by atoms with van der Waals surface area (Å²) in [5.74, 6) is 5.79. The second-order valence-corrected chi connectivity index (χ2v) is 5.35. The number of amides is 1. The molecular weight excluding hydrogens is 278 g/mol. The average molecular weight is 301 g/mol. The lowest BCUT2D eigenvalue weighted by atomic mass is 10.1. The minimum absolute atomic E-state index is 0.127. The van der Waals surface area contributed by atoms with E-state index in [1.54, 1.807) is 6.92 Å². The van der Waals surface area contributed by atoms with Crippen molar-refractivity contribution in [3.8, 4) is 11.8 Å². The van der Waals surface area contributed by atoms with Crippen molar-refractivity contribution in [2.45, 2.75) is 38.4 Å². The van der Waals surface area contributed by atoms with E-state index in [0.29, 0.717) is 13.2 Å². The van der Waals surface area contributed by atoms with E-state index in [4.69, 9.17) is 9.47 Å². The maximum Gasteiger partial charge on any atom is 0.249 e. The van der Waals surface area contributed by atoms with E-state index in [1.165, 1.54) is 6.42 Å². The van der Waals surface area contributed by atoms with Crippen LogP contribution in [0.5, 0.6) is 0 Å². The van der Waals surface area contributed by atoms with Gasteiger partial charge in [0.1, 0.15) is 6.10 Å². The van der Waals surface area contributed by atoms with Gasteiger partial charge in [-0.1, -0.05) is 30.0 Å². The van der Waals surface area contributed by atoms with E-state index in [9.17, 15) is 4.79 Å². The highest BCUT2D eigenvalue weighted by Crippen LogP contribution is 2.13. The van der Waals surface area contributed by atoms with Gasteiger partial charge in [-0.2, -0.15) is 0 Å². The maximum atomic E-state index is 11.9. The Morgan fingerprint density at radius 3 is 2.95 bits per heavy atom. The predicted molar refractivity (Wildman–Crippen MR) is 85.3 cm³/mol.